The summed E-state index contributed by atoms with van der Waals surface area (Å²) in [5, 5.41) is 5.24. The molecule has 0 spiro atoms. The van der Waals surface area contributed by atoms with Crippen molar-refractivity contribution in [1.29, 1.82) is 0 Å². The molecule has 0 radical (unpaired) electrons. The Morgan fingerprint density at radius 2 is 1.74 bits per heavy atom. The second kappa shape index (κ2) is 10.0. The molecule has 0 aliphatic heterocycles. The molecule has 8 heteroatoms. The van der Waals surface area contributed by atoms with Gasteiger partial charge < -0.3 is 10.6 Å². The quantitative estimate of drug-likeness (QED) is 0.640. The van der Waals surface area contributed by atoms with E-state index < -0.39 is 21.6 Å². The molecule has 1 saturated carbocycles. The monoisotopic (exact) mass is 446 g/mol. The van der Waals surface area contributed by atoms with Crippen molar-refractivity contribution in [2.45, 2.75) is 50.3 Å². The molecule has 2 aromatic carbocycles. The number of sulfone groups is 1. The van der Waals surface area contributed by atoms with E-state index in [9.17, 15) is 22.4 Å². The summed E-state index contributed by atoms with van der Waals surface area (Å²) in [6.45, 7) is 1.75. The molecule has 2 amide bonds. The topological polar surface area (TPSA) is 92.3 Å². The highest BCUT2D eigenvalue weighted by molar-refractivity contribution is 7.91. The van der Waals surface area contributed by atoms with Gasteiger partial charge in [0.1, 0.15) is 5.82 Å². The van der Waals surface area contributed by atoms with Crippen molar-refractivity contribution in [1.82, 2.24) is 0 Å². The largest absolute Gasteiger partial charge is 0.323 e. The molecular formula is C23H27FN2O4S. The first-order valence-electron chi connectivity index (χ1n) is 10.6. The average Bonchev–Trinajstić information content (AvgIpc) is 2.76. The first kappa shape index (κ1) is 22.9. The molecular weight excluding hydrogens is 419 g/mol. The molecule has 2 N–H and O–H groups in total. The zero-order chi connectivity index (χ0) is 22.4. The summed E-state index contributed by atoms with van der Waals surface area (Å²) >= 11 is 0. The number of carbonyl (C=O) groups is 2. The van der Waals surface area contributed by atoms with Gasteiger partial charge in [-0.25, -0.2) is 12.8 Å². The van der Waals surface area contributed by atoms with E-state index in [2.05, 4.69) is 10.6 Å². The van der Waals surface area contributed by atoms with Crippen LogP contribution >= 0.6 is 0 Å². The fourth-order valence-corrected chi connectivity index (χ4v) is 5.34. The number of amides is 2. The number of hydrogen-bond donors (Lipinski definition) is 2. The van der Waals surface area contributed by atoms with E-state index in [1.54, 1.807) is 19.1 Å². The molecule has 3 rings (SSSR count). The maximum absolute atomic E-state index is 14.3. The van der Waals surface area contributed by atoms with E-state index in [4.69, 9.17) is 0 Å². The van der Waals surface area contributed by atoms with E-state index >= 15 is 0 Å². The Morgan fingerprint density at radius 1 is 1.03 bits per heavy atom. The predicted octanol–water partition coefficient (Wildman–Crippen LogP) is 4.78. The Balaban J connectivity index is 1.79. The summed E-state index contributed by atoms with van der Waals surface area (Å²) in [5.41, 5.74) is 0.265. The standard InChI is InChI=1S/C23H27FN2O4S/c1-2-14-31(29,30)21-11-7-6-10-18(21)23(28)25-17-12-13-19(24)20(15-17)26-22(27)16-8-4-3-5-9-16/h6-7,10-13,15-16H,2-5,8-9,14H2,1H3,(H,25,28)(H,26,27). The zero-order valence-electron chi connectivity index (χ0n) is 17.5. The number of halogens is 1. The number of benzene rings is 2. The van der Waals surface area contributed by atoms with E-state index in [1.807, 2.05) is 0 Å². The minimum atomic E-state index is -3.60. The summed E-state index contributed by atoms with van der Waals surface area (Å²) in [5.74, 6) is -1.65. The molecule has 0 atom stereocenters. The number of carbonyl (C=O) groups excluding carboxylic acids is 2. The highest BCUT2D eigenvalue weighted by atomic mass is 32.2. The lowest BCUT2D eigenvalue weighted by Gasteiger charge is -2.21. The second-order valence-electron chi connectivity index (χ2n) is 7.79. The molecule has 1 aliphatic carbocycles. The van der Waals surface area contributed by atoms with Gasteiger partial charge in [-0.05, 0) is 49.6 Å². The second-order valence-corrected chi connectivity index (χ2v) is 9.87. The van der Waals surface area contributed by atoms with Crippen LogP contribution in [-0.2, 0) is 14.6 Å². The molecule has 6 nitrogen and oxygen atoms in total. The van der Waals surface area contributed by atoms with Crippen LogP contribution in [0.5, 0.6) is 0 Å². The highest BCUT2D eigenvalue weighted by Crippen LogP contribution is 2.27. The summed E-state index contributed by atoms with van der Waals surface area (Å²) in [6.07, 6.45) is 5.07. The van der Waals surface area contributed by atoms with Gasteiger partial charge in [-0.1, -0.05) is 38.3 Å². The van der Waals surface area contributed by atoms with Gasteiger partial charge in [0.15, 0.2) is 9.84 Å². The normalized spacial score (nSPS) is 14.8. The number of nitrogens with one attached hydrogen (secondary N) is 2. The van der Waals surface area contributed by atoms with Gasteiger partial charge in [0.2, 0.25) is 5.91 Å². The molecule has 0 aromatic heterocycles. The molecule has 0 unspecified atom stereocenters. The van der Waals surface area contributed by atoms with Crippen molar-refractivity contribution in [3.8, 4) is 0 Å². The SMILES string of the molecule is CCCS(=O)(=O)c1ccccc1C(=O)Nc1ccc(F)c(NC(=O)C2CCCCC2)c1. The fourth-order valence-electron chi connectivity index (χ4n) is 3.80. The van der Waals surface area contributed by atoms with Crippen molar-refractivity contribution in [3.05, 3.63) is 53.8 Å². The first-order valence-corrected chi connectivity index (χ1v) is 12.2. The molecule has 0 saturated heterocycles. The van der Waals surface area contributed by atoms with Crippen molar-refractivity contribution in [2.75, 3.05) is 16.4 Å². The van der Waals surface area contributed by atoms with Gasteiger partial charge >= 0.3 is 0 Å². The Morgan fingerprint density at radius 3 is 2.45 bits per heavy atom. The summed E-state index contributed by atoms with van der Waals surface area (Å²) in [6, 6.07) is 9.86. The Kier molecular flexibility index (Phi) is 7.43. The number of anilines is 2. The Labute approximate surface area is 182 Å². The van der Waals surface area contributed by atoms with Gasteiger partial charge in [0.05, 0.1) is 21.9 Å². The van der Waals surface area contributed by atoms with Crippen LogP contribution in [0.1, 0.15) is 55.8 Å². The molecule has 2 aromatic rings. The minimum absolute atomic E-state index is 0.0136. The van der Waals surface area contributed by atoms with Gasteiger partial charge in [-0.15, -0.1) is 0 Å². The van der Waals surface area contributed by atoms with E-state index in [0.717, 1.165) is 38.2 Å². The van der Waals surface area contributed by atoms with Crippen molar-refractivity contribution < 1.29 is 22.4 Å². The van der Waals surface area contributed by atoms with Crippen LogP contribution in [0.4, 0.5) is 15.8 Å². The van der Waals surface area contributed by atoms with Crippen LogP contribution in [-0.4, -0.2) is 26.0 Å². The van der Waals surface area contributed by atoms with Crippen molar-refractivity contribution in [3.63, 3.8) is 0 Å². The Hall–Kier alpha value is -2.74. The number of rotatable bonds is 7. The molecule has 1 fully saturated rings. The smallest absolute Gasteiger partial charge is 0.256 e. The van der Waals surface area contributed by atoms with Gasteiger partial charge in [-0.3, -0.25) is 9.59 Å². The summed E-state index contributed by atoms with van der Waals surface area (Å²) < 4.78 is 39.3. The van der Waals surface area contributed by atoms with E-state index in [1.165, 1.54) is 24.3 Å². The van der Waals surface area contributed by atoms with Gasteiger partial charge in [-0.2, -0.15) is 0 Å². The van der Waals surface area contributed by atoms with Crippen LogP contribution in [0.15, 0.2) is 47.4 Å². The third-order valence-corrected chi connectivity index (χ3v) is 7.37. The summed E-state index contributed by atoms with van der Waals surface area (Å²) in [4.78, 5) is 25.2. The fraction of sp³-hybridized carbons (Fsp3) is 0.391. The van der Waals surface area contributed by atoms with Crippen LogP contribution in [0.3, 0.4) is 0 Å². The minimum Gasteiger partial charge on any atom is -0.323 e. The maximum Gasteiger partial charge on any atom is 0.256 e. The van der Waals surface area contributed by atoms with Crippen molar-refractivity contribution in [2.24, 2.45) is 5.92 Å². The third-order valence-electron chi connectivity index (χ3n) is 5.40. The number of hydrogen-bond acceptors (Lipinski definition) is 4. The predicted molar refractivity (Wildman–Crippen MR) is 118 cm³/mol. The van der Waals surface area contributed by atoms with Crippen LogP contribution < -0.4 is 10.6 Å². The van der Waals surface area contributed by atoms with E-state index in [-0.39, 0.29) is 39.4 Å². The lowest BCUT2D eigenvalue weighted by atomic mass is 9.88. The highest BCUT2D eigenvalue weighted by Gasteiger charge is 2.23. The lowest BCUT2D eigenvalue weighted by Crippen LogP contribution is -2.25. The summed E-state index contributed by atoms with van der Waals surface area (Å²) in [7, 11) is -3.60. The maximum atomic E-state index is 14.3. The van der Waals surface area contributed by atoms with Crippen LogP contribution in [0.25, 0.3) is 0 Å². The Bertz CT molecular complexity index is 1060. The van der Waals surface area contributed by atoms with Crippen molar-refractivity contribution >= 4 is 33.0 Å². The third kappa shape index (κ3) is 5.70. The van der Waals surface area contributed by atoms with Crippen LogP contribution in [0, 0.1) is 11.7 Å². The zero-order valence-corrected chi connectivity index (χ0v) is 18.3. The molecule has 166 valence electrons. The first-order chi connectivity index (χ1) is 14.8. The van der Waals surface area contributed by atoms with Crippen LogP contribution in [0.2, 0.25) is 0 Å². The molecule has 31 heavy (non-hydrogen) atoms. The lowest BCUT2D eigenvalue weighted by molar-refractivity contribution is -0.120. The van der Waals surface area contributed by atoms with Gasteiger partial charge in [0.25, 0.3) is 5.91 Å². The molecule has 0 bridgehead atoms. The van der Waals surface area contributed by atoms with E-state index in [0.29, 0.717) is 6.42 Å². The van der Waals surface area contributed by atoms with Gasteiger partial charge in [0, 0.05) is 11.6 Å². The molecule has 1 aliphatic rings. The average molecular weight is 447 g/mol. The molecule has 0 heterocycles.